The number of H-pyrrole nitrogens is 1. The van der Waals surface area contributed by atoms with Gasteiger partial charge in [-0.15, -0.1) is 0 Å². The van der Waals surface area contributed by atoms with Gasteiger partial charge in [0.25, 0.3) is 0 Å². The van der Waals surface area contributed by atoms with Gasteiger partial charge in [0, 0.05) is 34.8 Å². The average Bonchev–Trinajstić information content (AvgIpc) is 3.10. The van der Waals surface area contributed by atoms with E-state index in [0.29, 0.717) is 12.2 Å². The fourth-order valence-electron chi connectivity index (χ4n) is 2.67. The molecule has 0 unspecified atom stereocenters. The van der Waals surface area contributed by atoms with Gasteiger partial charge in [0.2, 0.25) is 0 Å². The fraction of sp³-hybridized carbons (Fsp3) is 0.176. The van der Waals surface area contributed by atoms with Gasteiger partial charge in [0.05, 0.1) is 6.54 Å². The largest absolute Gasteiger partial charge is 0.460 e. The predicted molar refractivity (Wildman–Crippen MR) is 91.5 cm³/mol. The lowest BCUT2D eigenvalue weighted by atomic mass is 10.1. The topological polar surface area (TPSA) is 79.0 Å². The standard InChI is InChI=1S/C17H20N4O/c1-10(18)16-13-6-4-11(8-14(13)21-17(16)20-3)15-7-5-12(22-15)9-19-2/h4-8,19-21H,1,9,18H2,2-3H3. The first-order chi connectivity index (χ1) is 10.6. The summed E-state index contributed by atoms with van der Waals surface area (Å²) in [5.74, 6) is 2.63. The van der Waals surface area contributed by atoms with E-state index in [4.69, 9.17) is 10.2 Å². The van der Waals surface area contributed by atoms with Crippen molar-refractivity contribution in [2.45, 2.75) is 6.54 Å². The van der Waals surface area contributed by atoms with Crippen molar-refractivity contribution in [3.8, 4) is 11.3 Å². The zero-order valence-corrected chi connectivity index (χ0v) is 12.8. The van der Waals surface area contributed by atoms with E-state index in [1.54, 1.807) is 0 Å². The molecule has 0 saturated heterocycles. The molecule has 0 amide bonds. The molecule has 2 heterocycles. The molecule has 0 aliphatic rings. The van der Waals surface area contributed by atoms with Crippen molar-refractivity contribution in [2.75, 3.05) is 19.4 Å². The summed E-state index contributed by atoms with van der Waals surface area (Å²) in [4.78, 5) is 3.33. The Hall–Kier alpha value is -2.66. The van der Waals surface area contributed by atoms with Gasteiger partial charge in [-0.1, -0.05) is 18.7 Å². The van der Waals surface area contributed by atoms with Crippen LogP contribution in [0.1, 0.15) is 11.3 Å². The van der Waals surface area contributed by atoms with Crippen LogP contribution >= 0.6 is 0 Å². The Balaban J connectivity index is 2.07. The van der Waals surface area contributed by atoms with E-state index in [1.165, 1.54) is 0 Å². The number of nitrogens with two attached hydrogens (primary N) is 1. The van der Waals surface area contributed by atoms with Crippen LogP contribution in [0.15, 0.2) is 41.3 Å². The average molecular weight is 296 g/mol. The van der Waals surface area contributed by atoms with E-state index in [9.17, 15) is 0 Å². The summed E-state index contributed by atoms with van der Waals surface area (Å²) in [6.45, 7) is 4.57. The van der Waals surface area contributed by atoms with Crippen LogP contribution in [0.2, 0.25) is 0 Å². The van der Waals surface area contributed by atoms with Crippen LogP contribution in [-0.4, -0.2) is 19.1 Å². The van der Waals surface area contributed by atoms with Gasteiger partial charge in [0.15, 0.2) is 0 Å². The Morgan fingerprint density at radius 2 is 2.09 bits per heavy atom. The van der Waals surface area contributed by atoms with Crippen molar-refractivity contribution in [3.05, 3.63) is 48.2 Å². The molecule has 0 bridgehead atoms. The molecule has 114 valence electrons. The van der Waals surface area contributed by atoms with Crippen LogP contribution in [-0.2, 0) is 6.54 Å². The lowest BCUT2D eigenvalue weighted by molar-refractivity contribution is 0.507. The molecule has 1 aromatic carbocycles. The van der Waals surface area contributed by atoms with Crippen molar-refractivity contribution in [1.82, 2.24) is 10.3 Å². The number of hydrogen-bond donors (Lipinski definition) is 4. The lowest BCUT2D eigenvalue weighted by Crippen LogP contribution is -2.03. The van der Waals surface area contributed by atoms with E-state index in [0.717, 1.165) is 39.4 Å². The minimum absolute atomic E-state index is 0.539. The highest BCUT2D eigenvalue weighted by molar-refractivity contribution is 5.99. The minimum atomic E-state index is 0.539. The second-order valence-electron chi connectivity index (χ2n) is 5.21. The minimum Gasteiger partial charge on any atom is -0.460 e. The SMILES string of the molecule is C=C(N)c1c(NC)[nH]c2cc(-c3ccc(CNC)o3)ccc12. The quantitative estimate of drug-likeness (QED) is 0.583. The van der Waals surface area contributed by atoms with Gasteiger partial charge in [0.1, 0.15) is 17.3 Å². The second-order valence-corrected chi connectivity index (χ2v) is 5.21. The fourth-order valence-corrected chi connectivity index (χ4v) is 2.67. The van der Waals surface area contributed by atoms with E-state index >= 15 is 0 Å². The molecule has 3 aromatic rings. The van der Waals surface area contributed by atoms with E-state index in [-0.39, 0.29) is 0 Å². The molecule has 2 aromatic heterocycles. The molecule has 0 fully saturated rings. The van der Waals surface area contributed by atoms with Gasteiger partial charge in [-0.2, -0.15) is 0 Å². The summed E-state index contributed by atoms with van der Waals surface area (Å²) in [7, 11) is 3.75. The third kappa shape index (κ3) is 2.35. The number of rotatable bonds is 5. The highest BCUT2D eigenvalue weighted by Gasteiger charge is 2.13. The van der Waals surface area contributed by atoms with Crippen molar-refractivity contribution >= 4 is 22.4 Å². The summed E-state index contributed by atoms with van der Waals surface area (Å²) in [6, 6.07) is 10.1. The number of nitrogens with one attached hydrogen (secondary N) is 3. The number of furan rings is 1. The Morgan fingerprint density at radius 3 is 2.77 bits per heavy atom. The molecule has 5 N–H and O–H groups in total. The van der Waals surface area contributed by atoms with Gasteiger partial charge in [-0.3, -0.25) is 0 Å². The number of anilines is 1. The molecule has 5 heteroatoms. The first-order valence-corrected chi connectivity index (χ1v) is 7.16. The highest BCUT2D eigenvalue weighted by atomic mass is 16.3. The molecule has 0 aliphatic heterocycles. The molecule has 0 atom stereocenters. The number of fused-ring (bicyclic) bond motifs is 1. The molecule has 0 radical (unpaired) electrons. The Kier molecular flexibility index (Phi) is 3.65. The molecule has 5 nitrogen and oxygen atoms in total. The molecule has 0 saturated carbocycles. The molecular weight excluding hydrogens is 276 g/mol. The summed E-state index contributed by atoms with van der Waals surface area (Å²) >= 11 is 0. The molecule has 3 rings (SSSR count). The van der Waals surface area contributed by atoms with Crippen LogP contribution in [0.5, 0.6) is 0 Å². The van der Waals surface area contributed by atoms with Crippen LogP contribution < -0.4 is 16.4 Å². The van der Waals surface area contributed by atoms with Gasteiger partial charge < -0.3 is 25.8 Å². The van der Waals surface area contributed by atoms with Crippen LogP contribution in [0.25, 0.3) is 27.9 Å². The Labute approximate surface area is 129 Å². The zero-order valence-electron chi connectivity index (χ0n) is 12.8. The lowest BCUT2D eigenvalue weighted by Gasteiger charge is -2.02. The normalized spacial score (nSPS) is 11.0. The number of aromatic amines is 1. The van der Waals surface area contributed by atoms with E-state index in [1.807, 2.05) is 38.4 Å². The Bertz CT molecular complexity index is 828. The third-order valence-corrected chi connectivity index (χ3v) is 3.67. The van der Waals surface area contributed by atoms with Gasteiger partial charge in [-0.05, 0) is 25.2 Å². The first kappa shape index (κ1) is 14.3. The summed E-state index contributed by atoms with van der Waals surface area (Å²) in [5.41, 5.74) is 9.38. The molecule has 0 aliphatic carbocycles. The van der Waals surface area contributed by atoms with Crippen molar-refractivity contribution < 1.29 is 4.42 Å². The summed E-state index contributed by atoms with van der Waals surface area (Å²) in [6.07, 6.45) is 0. The summed E-state index contributed by atoms with van der Waals surface area (Å²) in [5, 5.41) is 7.24. The number of aromatic nitrogens is 1. The van der Waals surface area contributed by atoms with E-state index in [2.05, 4.69) is 28.3 Å². The first-order valence-electron chi connectivity index (χ1n) is 7.16. The maximum atomic E-state index is 5.91. The van der Waals surface area contributed by atoms with Crippen molar-refractivity contribution in [1.29, 1.82) is 0 Å². The van der Waals surface area contributed by atoms with Gasteiger partial charge in [-0.25, -0.2) is 0 Å². The predicted octanol–water partition coefficient (Wildman–Crippen LogP) is 3.12. The van der Waals surface area contributed by atoms with E-state index < -0.39 is 0 Å². The monoisotopic (exact) mass is 296 g/mol. The summed E-state index contributed by atoms with van der Waals surface area (Å²) < 4.78 is 5.84. The van der Waals surface area contributed by atoms with Crippen molar-refractivity contribution in [3.63, 3.8) is 0 Å². The smallest absolute Gasteiger partial charge is 0.134 e. The molecule has 22 heavy (non-hydrogen) atoms. The Morgan fingerprint density at radius 1 is 1.27 bits per heavy atom. The second kappa shape index (κ2) is 5.61. The van der Waals surface area contributed by atoms with Crippen LogP contribution in [0.3, 0.4) is 0 Å². The number of hydrogen-bond acceptors (Lipinski definition) is 4. The van der Waals surface area contributed by atoms with Crippen LogP contribution in [0.4, 0.5) is 5.82 Å². The highest BCUT2D eigenvalue weighted by Crippen LogP contribution is 2.33. The molecular formula is C17H20N4O. The van der Waals surface area contributed by atoms with Gasteiger partial charge >= 0.3 is 0 Å². The van der Waals surface area contributed by atoms with Crippen LogP contribution in [0, 0.1) is 0 Å². The zero-order chi connectivity index (χ0) is 15.7. The van der Waals surface area contributed by atoms with Crippen molar-refractivity contribution in [2.24, 2.45) is 5.73 Å². The molecule has 0 spiro atoms. The number of benzene rings is 1. The third-order valence-electron chi connectivity index (χ3n) is 3.67. The maximum Gasteiger partial charge on any atom is 0.134 e. The maximum absolute atomic E-state index is 5.91.